The van der Waals surface area contributed by atoms with Crippen molar-refractivity contribution in [2.75, 3.05) is 6.54 Å². The van der Waals surface area contributed by atoms with E-state index in [1.807, 2.05) is 0 Å². The average molecular weight is 476 g/mol. The highest BCUT2D eigenvalue weighted by molar-refractivity contribution is 6.33. The molecule has 1 aromatic carbocycles. The Morgan fingerprint density at radius 1 is 1.18 bits per heavy atom. The smallest absolute Gasteiger partial charge is 0.415 e. The van der Waals surface area contributed by atoms with Crippen LogP contribution in [-0.4, -0.2) is 50.0 Å². The first-order valence-corrected chi connectivity index (χ1v) is 9.44. The quantitative estimate of drug-likeness (QED) is 0.127. The van der Waals surface area contributed by atoms with Crippen LogP contribution >= 0.6 is 0 Å². The van der Waals surface area contributed by atoms with Crippen molar-refractivity contribution < 1.29 is 49.9 Å². The summed E-state index contributed by atoms with van der Waals surface area (Å²) in [6.45, 7) is -3.30. The van der Waals surface area contributed by atoms with E-state index in [9.17, 15) is 35.9 Å². The molecule has 1 amide bonds. The monoisotopic (exact) mass is 476 g/mol. The van der Waals surface area contributed by atoms with Gasteiger partial charge in [0, 0.05) is 13.0 Å². The zero-order valence-corrected chi connectivity index (χ0v) is 16.7. The summed E-state index contributed by atoms with van der Waals surface area (Å²) in [5.74, 6) is -1.46. The van der Waals surface area contributed by atoms with E-state index in [0.29, 0.717) is 10.2 Å². The van der Waals surface area contributed by atoms with Crippen molar-refractivity contribution in [3.05, 3.63) is 58.4 Å². The standard InChI is InChI=1S/C19H16F6N5O3/c20-18(21,22)15-13-10-30(19(23,24)25,17(32)33-11-12-5-2-1-3-6-12)8-4-7-29(13)28-16(15)14(31)9-27-26/h1-3,5-6,9H,4,7-8,10-11H2/q+1. The number of ether oxygens (including phenoxy) is 1. The number of hydrogen-bond acceptors (Lipinski definition) is 4. The summed E-state index contributed by atoms with van der Waals surface area (Å²) in [6, 6.07) is 7.80. The molecule has 1 aliphatic heterocycles. The number of quaternary nitrogens is 1. The van der Waals surface area contributed by atoms with Gasteiger partial charge in [0.2, 0.25) is 0 Å². The molecule has 1 aliphatic rings. The third-order valence-electron chi connectivity index (χ3n) is 5.12. The van der Waals surface area contributed by atoms with E-state index < -0.39 is 72.0 Å². The number of Topliss-reactive ketones (excluding diaryl/α,β-unsaturated/α-hetero) is 1. The Bertz CT molecular complexity index is 1110. The van der Waals surface area contributed by atoms with Crippen molar-refractivity contribution >= 4 is 18.1 Å². The van der Waals surface area contributed by atoms with Crippen molar-refractivity contribution in [1.82, 2.24) is 9.78 Å². The summed E-state index contributed by atoms with van der Waals surface area (Å²) in [5, 5.41) is 3.51. The first-order valence-electron chi connectivity index (χ1n) is 9.44. The summed E-state index contributed by atoms with van der Waals surface area (Å²) >= 11 is 0. The van der Waals surface area contributed by atoms with E-state index in [-0.39, 0.29) is 12.6 Å². The first kappa shape index (κ1) is 24.1. The number of hydrogen-bond donors (Lipinski definition) is 0. The molecule has 3 rings (SSSR count). The van der Waals surface area contributed by atoms with Crippen molar-refractivity contribution in [1.29, 1.82) is 0 Å². The molecule has 0 saturated carbocycles. The third-order valence-corrected chi connectivity index (χ3v) is 5.12. The van der Waals surface area contributed by atoms with Crippen molar-refractivity contribution in [3.8, 4) is 0 Å². The van der Waals surface area contributed by atoms with Crippen molar-refractivity contribution in [2.45, 2.75) is 38.6 Å². The molecule has 33 heavy (non-hydrogen) atoms. The molecule has 14 heteroatoms. The van der Waals surface area contributed by atoms with Gasteiger partial charge in [0.05, 0.1) is 6.54 Å². The number of nitrogens with zero attached hydrogens (tertiary/aromatic N) is 5. The fourth-order valence-electron chi connectivity index (χ4n) is 3.57. The Hall–Kier alpha value is -3.51. The molecule has 0 N–H and O–H groups in total. The fraction of sp³-hybridized carbons (Fsp3) is 0.368. The Kier molecular flexibility index (Phi) is 6.43. The van der Waals surface area contributed by atoms with Crippen LogP contribution in [0.5, 0.6) is 0 Å². The van der Waals surface area contributed by atoms with Gasteiger partial charge in [0.15, 0.2) is 5.69 Å². The van der Waals surface area contributed by atoms with Crippen LogP contribution in [0.15, 0.2) is 30.3 Å². The van der Waals surface area contributed by atoms with Crippen LogP contribution in [0, 0.1) is 0 Å². The summed E-state index contributed by atoms with van der Waals surface area (Å²) in [4.78, 5) is 27.0. The molecular weight excluding hydrogens is 460 g/mol. The second-order valence-corrected chi connectivity index (χ2v) is 7.21. The Morgan fingerprint density at radius 3 is 2.42 bits per heavy atom. The van der Waals surface area contributed by atoms with Gasteiger partial charge in [-0.15, -0.1) is 17.7 Å². The number of aryl methyl sites for hydroxylation is 1. The van der Waals surface area contributed by atoms with E-state index in [1.54, 1.807) is 18.2 Å². The molecule has 0 radical (unpaired) electrons. The molecule has 2 heterocycles. The maximum Gasteiger partial charge on any atom is 0.571 e. The molecule has 0 spiro atoms. The molecule has 1 aromatic heterocycles. The van der Waals surface area contributed by atoms with Gasteiger partial charge >= 0.3 is 24.8 Å². The summed E-state index contributed by atoms with van der Waals surface area (Å²) in [5.41, 5.74) is 4.91. The maximum absolute atomic E-state index is 14.2. The zero-order valence-electron chi connectivity index (χ0n) is 16.7. The van der Waals surface area contributed by atoms with Gasteiger partial charge in [-0.2, -0.15) is 27.9 Å². The van der Waals surface area contributed by atoms with Crippen LogP contribution in [0.3, 0.4) is 0 Å². The van der Waals surface area contributed by atoms with Crippen LogP contribution in [-0.2, 0) is 30.6 Å². The number of carbonyl (C=O) groups excluding carboxylic acids is 2. The Balaban J connectivity index is 2.08. The molecular formula is C19H16F6N5O3+. The largest absolute Gasteiger partial charge is 0.571 e. The highest BCUT2D eigenvalue weighted by atomic mass is 19.4. The van der Waals surface area contributed by atoms with Crippen LogP contribution < -0.4 is 0 Å². The van der Waals surface area contributed by atoms with Gasteiger partial charge < -0.3 is 10.3 Å². The van der Waals surface area contributed by atoms with Gasteiger partial charge in [-0.25, -0.2) is 0 Å². The number of ketones is 1. The van der Waals surface area contributed by atoms with Crippen LogP contribution in [0.1, 0.15) is 33.7 Å². The summed E-state index contributed by atoms with van der Waals surface area (Å²) < 4.78 is 87.1. The van der Waals surface area contributed by atoms with Crippen LogP contribution in [0.2, 0.25) is 0 Å². The first-order chi connectivity index (χ1) is 15.4. The number of rotatable bonds is 4. The van der Waals surface area contributed by atoms with Crippen molar-refractivity contribution in [2.24, 2.45) is 0 Å². The molecule has 176 valence electrons. The molecule has 2 aromatic rings. The van der Waals surface area contributed by atoms with Gasteiger partial charge in [-0.1, -0.05) is 30.3 Å². The average Bonchev–Trinajstić information content (AvgIpc) is 2.99. The van der Waals surface area contributed by atoms with E-state index in [2.05, 4.69) is 9.89 Å². The number of alkyl halides is 6. The van der Waals surface area contributed by atoms with Gasteiger partial charge in [-0.05, 0) is 5.56 Å². The van der Waals surface area contributed by atoms with Gasteiger partial charge in [-0.3, -0.25) is 9.48 Å². The molecule has 8 nitrogen and oxygen atoms in total. The molecule has 0 aliphatic carbocycles. The van der Waals surface area contributed by atoms with E-state index in [1.165, 1.54) is 12.1 Å². The normalized spacial score (nSPS) is 18.6. The second-order valence-electron chi connectivity index (χ2n) is 7.21. The molecule has 1 unspecified atom stereocenters. The highest BCUT2D eigenvalue weighted by Crippen LogP contribution is 2.42. The number of amides is 1. The number of fused-ring (bicyclic) bond motifs is 1. The van der Waals surface area contributed by atoms with Crippen LogP contribution in [0.4, 0.5) is 31.1 Å². The van der Waals surface area contributed by atoms with Crippen molar-refractivity contribution in [3.63, 3.8) is 0 Å². The maximum atomic E-state index is 14.2. The predicted octanol–water partition coefficient (Wildman–Crippen LogP) is 3.96. The minimum atomic E-state index is -5.31. The molecule has 1 atom stereocenters. The van der Waals surface area contributed by atoms with E-state index >= 15 is 0 Å². The number of carbonyl (C=O) groups is 2. The third kappa shape index (κ3) is 4.66. The summed E-state index contributed by atoms with van der Waals surface area (Å²) in [7, 11) is 0. The lowest BCUT2D eigenvalue weighted by Gasteiger charge is -2.33. The van der Waals surface area contributed by atoms with Crippen LogP contribution in [0.25, 0.3) is 5.53 Å². The Labute approximate surface area is 182 Å². The fourth-order valence-corrected chi connectivity index (χ4v) is 3.57. The van der Waals surface area contributed by atoms with Gasteiger partial charge in [0.1, 0.15) is 24.4 Å². The van der Waals surface area contributed by atoms with E-state index in [0.717, 1.165) is 0 Å². The predicted molar refractivity (Wildman–Crippen MR) is 97.4 cm³/mol. The van der Waals surface area contributed by atoms with E-state index in [4.69, 9.17) is 10.3 Å². The lowest BCUT2D eigenvalue weighted by atomic mass is 10.1. The minimum absolute atomic E-state index is 0.150. The Morgan fingerprint density at radius 2 is 1.85 bits per heavy atom. The lowest BCUT2D eigenvalue weighted by Crippen LogP contribution is -2.61. The zero-order chi connectivity index (χ0) is 24.4. The minimum Gasteiger partial charge on any atom is -0.415 e. The summed E-state index contributed by atoms with van der Waals surface area (Å²) in [6.07, 6.45) is -12.6. The van der Waals surface area contributed by atoms with Gasteiger partial charge in [0.25, 0.3) is 5.78 Å². The molecule has 0 saturated heterocycles. The topological polar surface area (TPSA) is 97.6 Å². The molecule has 0 fully saturated rings. The number of benzene rings is 1. The second kappa shape index (κ2) is 8.79. The highest BCUT2D eigenvalue weighted by Gasteiger charge is 2.64. The molecule has 0 bridgehead atoms. The SMILES string of the molecule is [N-]=[N+]=CC(=O)c1nn2c(c1C(F)(F)F)C[N+](C(=O)OCc1ccccc1)(C(F)(F)F)CCC2. The number of halogens is 6. The number of aromatic nitrogens is 2. The lowest BCUT2D eigenvalue weighted by molar-refractivity contribution is -0.978.